The van der Waals surface area contributed by atoms with E-state index in [2.05, 4.69) is 0 Å². The first-order valence-electron chi connectivity index (χ1n) is 11.6. The highest BCUT2D eigenvalue weighted by molar-refractivity contribution is 5.87. The van der Waals surface area contributed by atoms with Gasteiger partial charge in [-0.3, -0.25) is 0 Å². The maximum Gasteiger partial charge on any atom is 0.331 e. The lowest BCUT2D eigenvalue weighted by atomic mass is 10.2. The van der Waals surface area contributed by atoms with Gasteiger partial charge in [0.25, 0.3) is 0 Å². The molecular formula is C32H28O4. The van der Waals surface area contributed by atoms with Crippen molar-refractivity contribution in [3.05, 3.63) is 156 Å². The van der Waals surface area contributed by atoms with E-state index >= 15 is 0 Å². The van der Waals surface area contributed by atoms with E-state index in [-0.39, 0.29) is 11.9 Å². The van der Waals surface area contributed by atoms with Crippen molar-refractivity contribution in [2.24, 2.45) is 0 Å². The fourth-order valence-corrected chi connectivity index (χ4v) is 3.01. The van der Waals surface area contributed by atoms with Gasteiger partial charge in [0, 0.05) is 12.2 Å². The Morgan fingerprint density at radius 2 is 0.778 bits per heavy atom. The van der Waals surface area contributed by atoms with Crippen LogP contribution in [0.25, 0.3) is 12.2 Å². The first kappa shape index (κ1) is 25.9. The summed E-state index contributed by atoms with van der Waals surface area (Å²) in [6.07, 6.45) is 6.37. The van der Waals surface area contributed by atoms with Gasteiger partial charge in [-0.1, -0.05) is 121 Å². The summed E-state index contributed by atoms with van der Waals surface area (Å²) in [5.74, 6) is -0.662. The molecule has 0 saturated carbocycles. The monoisotopic (exact) mass is 476 g/mol. The highest BCUT2D eigenvalue weighted by Crippen LogP contribution is 2.05. The molecule has 0 atom stereocenters. The maximum atomic E-state index is 11.5. The minimum absolute atomic E-state index is 0.304. The first-order chi connectivity index (χ1) is 17.7. The van der Waals surface area contributed by atoms with E-state index in [1.165, 1.54) is 12.2 Å². The van der Waals surface area contributed by atoms with E-state index in [9.17, 15) is 9.59 Å². The highest BCUT2D eigenvalue weighted by atomic mass is 16.5. The minimum Gasteiger partial charge on any atom is -0.458 e. The van der Waals surface area contributed by atoms with Gasteiger partial charge in [0.2, 0.25) is 0 Å². The molecule has 4 aromatic carbocycles. The Morgan fingerprint density at radius 3 is 1.11 bits per heavy atom. The number of carbonyl (C=O) groups is 2. The van der Waals surface area contributed by atoms with Crippen LogP contribution in [-0.2, 0) is 32.3 Å². The molecule has 0 bridgehead atoms. The van der Waals surface area contributed by atoms with Gasteiger partial charge in [0.1, 0.15) is 13.2 Å². The lowest BCUT2D eigenvalue weighted by Crippen LogP contribution is -2.00. The topological polar surface area (TPSA) is 52.6 Å². The number of esters is 2. The molecule has 0 aliphatic heterocycles. The van der Waals surface area contributed by atoms with Crippen molar-refractivity contribution in [3.63, 3.8) is 0 Å². The Morgan fingerprint density at radius 1 is 0.472 bits per heavy atom. The van der Waals surface area contributed by atoms with Crippen molar-refractivity contribution >= 4 is 24.1 Å². The van der Waals surface area contributed by atoms with Crippen LogP contribution in [0.5, 0.6) is 0 Å². The van der Waals surface area contributed by atoms with Gasteiger partial charge in [0.15, 0.2) is 0 Å². The second kappa shape index (κ2) is 15.3. The Bertz CT molecular complexity index is 1130. The molecule has 0 amide bonds. The predicted octanol–water partition coefficient (Wildman–Crippen LogP) is 6.89. The van der Waals surface area contributed by atoms with E-state index in [1.54, 1.807) is 12.2 Å². The highest BCUT2D eigenvalue weighted by Gasteiger charge is 1.99. The van der Waals surface area contributed by atoms with Crippen molar-refractivity contribution in [1.29, 1.82) is 0 Å². The fourth-order valence-electron chi connectivity index (χ4n) is 3.01. The minimum atomic E-state index is -0.331. The van der Waals surface area contributed by atoms with Gasteiger partial charge in [-0.05, 0) is 34.4 Å². The maximum absolute atomic E-state index is 11.5. The zero-order chi connectivity index (χ0) is 25.3. The third-order valence-corrected chi connectivity index (χ3v) is 4.87. The second-order valence-corrected chi connectivity index (χ2v) is 7.67. The molecule has 0 aliphatic carbocycles. The van der Waals surface area contributed by atoms with Crippen molar-refractivity contribution in [2.75, 3.05) is 0 Å². The van der Waals surface area contributed by atoms with Gasteiger partial charge < -0.3 is 9.47 Å². The molecular weight excluding hydrogens is 448 g/mol. The zero-order valence-corrected chi connectivity index (χ0v) is 19.9. The summed E-state index contributed by atoms with van der Waals surface area (Å²) < 4.78 is 10.2. The van der Waals surface area contributed by atoms with Crippen molar-refractivity contribution in [1.82, 2.24) is 0 Å². The van der Waals surface area contributed by atoms with Gasteiger partial charge >= 0.3 is 11.9 Å². The number of rotatable bonds is 8. The summed E-state index contributed by atoms with van der Waals surface area (Å²) in [6, 6.07) is 38.5. The van der Waals surface area contributed by atoms with Crippen LogP contribution in [0.15, 0.2) is 133 Å². The van der Waals surface area contributed by atoms with Gasteiger partial charge in [-0.25, -0.2) is 9.59 Å². The molecule has 180 valence electrons. The Kier molecular flexibility index (Phi) is 11.0. The zero-order valence-electron chi connectivity index (χ0n) is 19.9. The number of hydrogen-bond acceptors (Lipinski definition) is 4. The molecule has 0 radical (unpaired) electrons. The summed E-state index contributed by atoms with van der Waals surface area (Å²) >= 11 is 0. The van der Waals surface area contributed by atoms with Crippen LogP contribution in [0.1, 0.15) is 22.3 Å². The Labute approximate surface area is 212 Å². The van der Waals surface area contributed by atoms with Crippen molar-refractivity contribution in [3.8, 4) is 0 Å². The summed E-state index contributed by atoms with van der Waals surface area (Å²) in [7, 11) is 0. The molecule has 0 heterocycles. The lowest BCUT2D eigenvalue weighted by molar-refractivity contribution is -0.139. The SMILES string of the molecule is O=C(/C=C/c1ccccc1)OCc1ccccc1.O=C(/C=C/c1ccccc1)OCc1ccccc1. The average Bonchev–Trinajstić information content (AvgIpc) is 2.95. The second-order valence-electron chi connectivity index (χ2n) is 7.67. The third kappa shape index (κ3) is 10.5. The quantitative estimate of drug-likeness (QED) is 0.205. The normalized spacial score (nSPS) is 10.4. The first-order valence-corrected chi connectivity index (χ1v) is 11.6. The number of ether oxygens (including phenoxy) is 2. The number of benzene rings is 4. The van der Waals surface area contributed by atoms with Gasteiger partial charge in [-0.2, -0.15) is 0 Å². The van der Waals surface area contributed by atoms with E-state index in [0.29, 0.717) is 13.2 Å². The lowest BCUT2D eigenvalue weighted by Gasteiger charge is -2.01. The fraction of sp³-hybridized carbons (Fsp3) is 0.0625. The van der Waals surface area contributed by atoms with Crippen LogP contribution in [0.4, 0.5) is 0 Å². The molecule has 36 heavy (non-hydrogen) atoms. The predicted molar refractivity (Wildman–Crippen MR) is 143 cm³/mol. The smallest absolute Gasteiger partial charge is 0.331 e. The van der Waals surface area contributed by atoms with Crippen LogP contribution >= 0.6 is 0 Å². The van der Waals surface area contributed by atoms with Gasteiger partial charge in [0.05, 0.1) is 0 Å². The standard InChI is InChI=1S/2C16H14O2/c2*17-16(12-11-14-7-3-1-4-8-14)18-13-15-9-5-2-6-10-15/h2*1-12H,13H2/b2*12-11+. The molecule has 0 spiro atoms. The van der Waals surface area contributed by atoms with E-state index in [4.69, 9.17) is 9.47 Å². The van der Waals surface area contributed by atoms with Crippen LogP contribution in [0.3, 0.4) is 0 Å². The largest absolute Gasteiger partial charge is 0.458 e. The van der Waals surface area contributed by atoms with Crippen molar-refractivity contribution < 1.29 is 19.1 Å². The van der Waals surface area contributed by atoms with E-state index in [0.717, 1.165) is 22.3 Å². The Hall–Kier alpha value is -4.70. The molecule has 0 N–H and O–H groups in total. The summed E-state index contributed by atoms with van der Waals surface area (Å²) in [5, 5.41) is 0. The molecule has 0 aliphatic rings. The molecule has 0 aromatic heterocycles. The van der Waals surface area contributed by atoms with Crippen LogP contribution in [-0.4, -0.2) is 11.9 Å². The molecule has 0 saturated heterocycles. The van der Waals surface area contributed by atoms with E-state index in [1.807, 2.05) is 121 Å². The van der Waals surface area contributed by atoms with Crippen molar-refractivity contribution in [2.45, 2.75) is 13.2 Å². The summed E-state index contributed by atoms with van der Waals surface area (Å²) in [6.45, 7) is 0.609. The Balaban J connectivity index is 0.000000201. The van der Waals surface area contributed by atoms with Gasteiger partial charge in [-0.15, -0.1) is 0 Å². The molecule has 0 fully saturated rings. The number of hydrogen-bond donors (Lipinski definition) is 0. The molecule has 4 nitrogen and oxygen atoms in total. The molecule has 4 rings (SSSR count). The molecule has 4 heteroatoms. The molecule has 4 aromatic rings. The average molecular weight is 477 g/mol. The third-order valence-electron chi connectivity index (χ3n) is 4.87. The molecule has 0 unspecified atom stereocenters. The van der Waals surface area contributed by atoms with E-state index < -0.39 is 0 Å². The van der Waals surface area contributed by atoms with Crippen LogP contribution in [0, 0.1) is 0 Å². The summed E-state index contributed by atoms with van der Waals surface area (Å²) in [5.41, 5.74) is 3.93. The number of carbonyl (C=O) groups excluding carboxylic acids is 2. The van der Waals surface area contributed by atoms with Crippen LogP contribution in [0.2, 0.25) is 0 Å². The summed E-state index contributed by atoms with van der Waals surface area (Å²) in [4.78, 5) is 23.0. The van der Waals surface area contributed by atoms with Crippen LogP contribution < -0.4 is 0 Å².